The number of nitrogens with one attached hydrogen (secondary N) is 1. The molecular formula is C12H15ClFN3O. The Morgan fingerprint density at radius 3 is 3.06 bits per heavy atom. The third kappa shape index (κ3) is 3.19. The van der Waals surface area contributed by atoms with Gasteiger partial charge in [-0.1, -0.05) is 17.7 Å². The third-order valence-electron chi connectivity index (χ3n) is 2.91. The maximum Gasteiger partial charge on any atom is 0.129 e. The van der Waals surface area contributed by atoms with Crippen molar-refractivity contribution >= 4 is 17.4 Å². The molecule has 1 fully saturated rings. The number of morpholine rings is 1. The minimum absolute atomic E-state index is 0.0104. The van der Waals surface area contributed by atoms with Gasteiger partial charge >= 0.3 is 0 Å². The lowest BCUT2D eigenvalue weighted by molar-refractivity contribution is 0.00200. The Morgan fingerprint density at radius 1 is 1.61 bits per heavy atom. The smallest absolute Gasteiger partial charge is 0.129 e. The van der Waals surface area contributed by atoms with Crippen molar-refractivity contribution in [2.24, 2.45) is 5.73 Å². The second-order valence-electron chi connectivity index (χ2n) is 4.29. The number of halogens is 2. The van der Waals surface area contributed by atoms with Crippen molar-refractivity contribution in [2.75, 3.05) is 19.7 Å². The average Bonchev–Trinajstić information content (AvgIpc) is 2.33. The average molecular weight is 272 g/mol. The summed E-state index contributed by atoms with van der Waals surface area (Å²) in [7, 11) is 0. The van der Waals surface area contributed by atoms with Crippen LogP contribution in [-0.2, 0) is 11.3 Å². The summed E-state index contributed by atoms with van der Waals surface area (Å²) in [6, 6.07) is 4.65. The lowest BCUT2D eigenvalue weighted by Gasteiger charge is -2.32. The molecule has 98 valence electrons. The fourth-order valence-corrected chi connectivity index (χ4v) is 2.08. The van der Waals surface area contributed by atoms with Crippen LogP contribution in [0.15, 0.2) is 18.2 Å². The summed E-state index contributed by atoms with van der Waals surface area (Å²) in [5.41, 5.74) is 6.00. The van der Waals surface area contributed by atoms with Crippen LogP contribution in [-0.4, -0.2) is 36.5 Å². The van der Waals surface area contributed by atoms with Gasteiger partial charge < -0.3 is 10.5 Å². The molecule has 0 aromatic heterocycles. The zero-order valence-electron chi connectivity index (χ0n) is 9.83. The molecule has 0 aliphatic carbocycles. The Bertz CT molecular complexity index is 455. The van der Waals surface area contributed by atoms with E-state index < -0.39 is 6.10 Å². The summed E-state index contributed by atoms with van der Waals surface area (Å²) >= 11 is 5.71. The van der Waals surface area contributed by atoms with Crippen molar-refractivity contribution in [3.05, 3.63) is 34.6 Å². The summed E-state index contributed by atoms with van der Waals surface area (Å²) in [6.07, 6.45) is -0.394. The molecule has 0 saturated carbocycles. The SMILES string of the molecule is N=C(N)C1CN(Cc2ccc(Cl)cc2F)CCO1. The Labute approximate surface area is 110 Å². The fourth-order valence-electron chi connectivity index (χ4n) is 1.93. The number of nitrogens with two attached hydrogens (primary N) is 1. The maximum absolute atomic E-state index is 13.7. The van der Waals surface area contributed by atoms with Crippen LogP contribution < -0.4 is 5.73 Å². The van der Waals surface area contributed by atoms with Gasteiger partial charge in [0, 0.05) is 30.2 Å². The van der Waals surface area contributed by atoms with E-state index in [0.29, 0.717) is 36.8 Å². The van der Waals surface area contributed by atoms with Gasteiger partial charge in [-0.15, -0.1) is 0 Å². The summed E-state index contributed by atoms with van der Waals surface area (Å²) in [6.45, 7) is 2.18. The van der Waals surface area contributed by atoms with E-state index in [1.807, 2.05) is 4.90 Å². The number of benzene rings is 1. The van der Waals surface area contributed by atoms with Gasteiger partial charge in [0.15, 0.2) is 0 Å². The van der Waals surface area contributed by atoms with Gasteiger partial charge in [-0.3, -0.25) is 10.3 Å². The second-order valence-corrected chi connectivity index (χ2v) is 4.72. The van der Waals surface area contributed by atoms with Crippen LogP contribution in [0.1, 0.15) is 5.56 Å². The summed E-state index contributed by atoms with van der Waals surface area (Å²) < 4.78 is 19.0. The highest BCUT2D eigenvalue weighted by Crippen LogP contribution is 2.17. The first-order chi connectivity index (χ1) is 8.56. The van der Waals surface area contributed by atoms with E-state index in [4.69, 9.17) is 27.5 Å². The quantitative estimate of drug-likeness (QED) is 0.649. The Balaban J connectivity index is 2.02. The molecule has 6 heteroatoms. The number of hydrogen-bond donors (Lipinski definition) is 2. The lowest BCUT2D eigenvalue weighted by Crippen LogP contribution is -2.47. The molecule has 1 unspecified atom stereocenters. The number of ether oxygens (including phenoxy) is 1. The fraction of sp³-hybridized carbons (Fsp3) is 0.417. The standard InChI is InChI=1S/C12H15ClFN3O/c13-9-2-1-8(10(14)5-9)6-17-3-4-18-11(7-17)12(15)16/h1-2,5,11H,3-4,6-7H2,(H3,15,16). The monoisotopic (exact) mass is 271 g/mol. The van der Waals surface area contributed by atoms with Gasteiger partial charge in [-0.05, 0) is 12.1 Å². The maximum atomic E-state index is 13.7. The molecule has 1 aliphatic heterocycles. The molecule has 4 nitrogen and oxygen atoms in total. The lowest BCUT2D eigenvalue weighted by atomic mass is 10.1. The van der Waals surface area contributed by atoms with Gasteiger partial charge in [0.1, 0.15) is 17.8 Å². The second kappa shape index (κ2) is 5.65. The van der Waals surface area contributed by atoms with E-state index >= 15 is 0 Å². The summed E-state index contributed by atoms with van der Waals surface area (Å²) in [4.78, 5) is 2.02. The third-order valence-corrected chi connectivity index (χ3v) is 3.14. The van der Waals surface area contributed by atoms with Gasteiger partial charge in [0.2, 0.25) is 0 Å². The van der Waals surface area contributed by atoms with E-state index in [1.165, 1.54) is 6.07 Å². The number of nitrogens with zero attached hydrogens (tertiary/aromatic N) is 1. The zero-order valence-corrected chi connectivity index (χ0v) is 10.6. The highest BCUT2D eigenvalue weighted by atomic mass is 35.5. The van der Waals surface area contributed by atoms with Crippen LogP contribution in [0.3, 0.4) is 0 Å². The van der Waals surface area contributed by atoms with E-state index in [9.17, 15) is 4.39 Å². The first-order valence-corrected chi connectivity index (χ1v) is 6.06. The first kappa shape index (κ1) is 13.3. The van der Waals surface area contributed by atoms with Gasteiger partial charge in [0.05, 0.1) is 6.61 Å². The van der Waals surface area contributed by atoms with Crippen LogP contribution in [0.2, 0.25) is 5.02 Å². The highest BCUT2D eigenvalue weighted by Gasteiger charge is 2.23. The molecule has 0 amide bonds. The Hall–Kier alpha value is -1.17. The molecular weight excluding hydrogens is 257 g/mol. The molecule has 0 radical (unpaired) electrons. The molecule has 2 rings (SSSR count). The van der Waals surface area contributed by atoms with E-state index in [2.05, 4.69) is 0 Å². The predicted octanol–water partition coefficient (Wildman–Crippen LogP) is 1.62. The molecule has 1 aromatic carbocycles. The number of hydrogen-bond acceptors (Lipinski definition) is 3. The molecule has 0 bridgehead atoms. The molecule has 1 aliphatic rings. The van der Waals surface area contributed by atoms with Gasteiger partial charge in [-0.2, -0.15) is 0 Å². The highest BCUT2D eigenvalue weighted by molar-refractivity contribution is 6.30. The molecule has 1 aromatic rings. The Kier molecular flexibility index (Phi) is 4.16. The van der Waals surface area contributed by atoms with E-state index in [1.54, 1.807) is 12.1 Å². The molecule has 1 saturated heterocycles. The minimum atomic E-state index is -0.394. The van der Waals surface area contributed by atoms with Crippen LogP contribution in [0.4, 0.5) is 4.39 Å². The van der Waals surface area contributed by atoms with Crippen LogP contribution in [0, 0.1) is 11.2 Å². The molecule has 0 spiro atoms. The van der Waals surface area contributed by atoms with Crippen molar-refractivity contribution in [1.82, 2.24) is 4.90 Å². The van der Waals surface area contributed by atoms with Crippen LogP contribution in [0.5, 0.6) is 0 Å². The Morgan fingerprint density at radius 2 is 2.39 bits per heavy atom. The van der Waals surface area contributed by atoms with Crippen molar-refractivity contribution in [3.63, 3.8) is 0 Å². The minimum Gasteiger partial charge on any atom is -0.385 e. The summed E-state index contributed by atoms with van der Waals surface area (Å²) in [5, 5.41) is 7.75. The first-order valence-electron chi connectivity index (χ1n) is 5.68. The molecule has 1 heterocycles. The largest absolute Gasteiger partial charge is 0.385 e. The summed E-state index contributed by atoms with van der Waals surface area (Å²) in [5.74, 6) is -0.301. The van der Waals surface area contributed by atoms with Crippen molar-refractivity contribution < 1.29 is 9.13 Å². The number of amidine groups is 1. The topological polar surface area (TPSA) is 62.3 Å². The van der Waals surface area contributed by atoms with Gasteiger partial charge in [-0.25, -0.2) is 4.39 Å². The van der Waals surface area contributed by atoms with Crippen molar-refractivity contribution in [2.45, 2.75) is 12.6 Å². The van der Waals surface area contributed by atoms with E-state index in [-0.39, 0.29) is 11.7 Å². The normalized spacial score (nSPS) is 20.9. The molecule has 1 atom stereocenters. The van der Waals surface area contributed by atoms with Crippen LogP contribution in [0.25, 0.3) is 0 Å². The predicted molar refractivity (Wildman–Crippen MR) is 68.3 cm³/mol. The van der Waals surface area contributed by atoms with E-state index in [0.717, 1.165) is 0 Å². The zero-order chi connectivity index (χ0) is 13.1. The molecule has 18 heavy (non-hydrogen) atoms. The van der Waals surface area contributed by atoms with Crippen molar-refractivity contribution in [1.29, 1.82) is 5.41 Å². The van der Waals surface area contributed by atoms with Gasteiger partial charge in [0.25, 0.3) is 0 Å². The van der Waals surface area contributed by atoms with Crippen LogP contribution >= 0.6 is 11.6 Å². The number of rotatable bonds is 3. The van der Waals surface area contributed by atoms with Crippen molar-refractivity contribution in [3.8, 4) is 0 Å². The molecule has 3 N–H and O–H groups in total.